The summed E-state index contributed by atoms with van der Waals surface area (Å²) < 4.78 is 0. The highest BCUT2D eigenvalue weighted by Crippen LogP contribution is 2.45. The van der Waals surface area contributed by atoms with E-state index in [2.05, 4.69) is 4.98 Å². The Morgan fingerprint density at radius 2 is 2.50 bits per heavy atom. The number of aromatic nitrogens is 1. The maximum atomic E-state index is 11.0. The van der Waals surface area contributed by atoms with E-state index < -0.39 is 16.8 Å². The maximum absolute atomic E-state index is 11.0. The minimum atomic E-state index is -0.891. The van der Waals surface area contributed by atoms with Crippen molar-refractivity contribution in [3.05, 3.63) is 24.0 Å². The first-order valence-electron chi connectivity index (χ1n) is 4.17. The molecule has 0 aromatic carbocycles. The molecule has 2 heterocycles. The smallest absolute Gasteiger partial charge is 0.319 e. The van der Waals surface area contributed by atoms with Crippen LogP contribution in [0, 0.1) is 0 Å². The molecule has 0 bridgehead atoms. The third-order valence-corrected chi connectivity index (χ3v) is 3.81. The fraction of sp³-hybridized carbons (Fsp3) is 0.333. The van der Waals surface area contributed by atoms with Crippen LogP contribution in [-0.2, 0) is 10.3 Å². The molecule has 2 atom stereocenters. The molecule has 1 aromatic rings. The second-order valence-corrected chi connectivity index (χ2v) is 4.62. The molecule has 5 heteroatoms. The monoisotopic (exact) mass is 210 g/mol. The average Bonchev–Trinajstić information content (AvgIpc) is 2.39. The minimum Gasteiger partial charge on any atom is -0.480 e. The van der Waals surface area contributed by atoms with Gasteiger partial charge in [0.15, 0.2) is 0 Å². The zero-order valence-corrected chi connectivity index (χ0v) is 8.41. The molecule has 74 valence electrons. The molecule has 0 spiro atoms. The number of nitrogens with zero attached hydrogens (tertiary/aromatic N) is 1. The lowest BCUT2D eigenvalue weighted by molar-refractivity contribution is -0.137. The van der Waals surface area contributed by atoms with Crippen LogP contribution in [0.4, 0.5) is 0 Å². The third-order valence-electron chi connectivity index (χ3n) is 2.29. The fourth-order valence-electron chi connectivity index (χ4n) is 1.57. The molecular weight excluding hydrogens is 200 g/mol. The van der Waals surface area contributed by atoms with Gasteiger partial charge in [0.2, 0.25) is 0 Å². The van der Waals surface area contributed by atoms with E-state index in [1.807, 2.05) is 6.07 Å². The van der Waals surface area contributed by atoms with E-state index >= 15 is 0 Å². The van der Waals surface area contributed by atoms with Crippen LogP contribution in [-0.4, -0.2) is 21.3 Å². The molecule has 2 unspecified atom stereocenters. The highest BCUT2D eigenvalue weighted by molar-refractivity contribution is 8.01. The Morgan fingerprint density at radius 3 is 3.07 bits per heavy atom. The number of carboxylic acids is 1. The summed E-state index contributed by atoms with van der Waals surface area (Å²) in [5.74, 6) is -0.891. The Morgan fingerprint density at radius 1 is 1.79 bits per heavy atom. The summed E-state index contributed by atoms with van der Waals surface area (Å²) in [6.45, 7) is 1.71. The van der Waals surface area contributed by atoms with Gasteiger partial charge in [-0.2, -0.15) is 0 Å². The van der Waals surface area contributed by atoms with Crippen LogP contribution >= 0.6 is 11.8 Å². The summed E-state index contributed by atoms with van der Waals surface area (Å²) in [5, 5.41) is 8.35. The zero-order chi connectivity index (χ0) is 10.3. The predicted molar refractivity (Wildman–Crippen MR) is 53.1 cm³/mol. The topological polar surface area (TPSA) is 76.2 Å². The van der Waals surface area contributed by atoms with Crippen molar-refractivity contribution in [3.63, 3.8) is 0 Å². The molecule has 1 aliphatic rings. The van der Waals surface area contributed by atoms with Crippen LogP contribution in [0.2, 0.25) is 0 Å². The minimum absolute atomic E-state index is 0.646. The lowest BCUT2D eigenvalue weighted by atomic mass is 9.94. The first-order valence-corrected chi connectivity index (χ1v) is 5.05. The van der Waals surface area contributed by atoms with Gasteiger partial charge in [0.1, 0.15) is 5.25 Å². The second kappa shape index (κ2) is 2.96. The van der Waals surface area contributed by atoms with Gasteiger partial charge in [-0.05, 0) is 19.1 Å². The fourth-order valence-corrected chi connectivity index (χ4v) is 2.82. The van der Waals surface area contributed by atoms with Crippen molar-refractivity contribution < 1.29 is 9.90 Å². The van der Waals surface area contributed by atoms with Crippen molar-refractivity contribution in [2.24, 2.45) is 5.73 Å². The maximum Gasteiger partial charge on any atom is 0.319 e. The van der Waals surface area contributed by atoms with E-state index in [1.54, 1.807) is 19.2 Å². The van der Waals surface area contributed by atoms with E-state index in [-0.39, 0.29) is 0 Å². The molecule has 2 rings (SSSR count). The molecular formula is C9H10N2O2S. The number of carboxylic acid groups (broad SMARTS) is 1. The van der Waals surface area contributed by atoms with Crippen LogP contribution in [0.15, 0.2) is 23.2 Å². The summed E-state index contributed by atoms with van der Waals surface area (Å²) in [4.78, 5) is 16.0. The van der Waals surface area contributed by atoms with Gasteiger partial charge in [-0.15, -0.1) is 11.8 Å². The number of hydrogen-bond acceptors (Lipinski definition) is 4. The molecule has 3 N–H and O–H groups in total. The molecule has 1 aliphatic heterocycles. The summed E-state index contributed by atoms with van der Waals surface area (Å²) >= 11 is 1.26. The van der Waals surface area contributed by atoms with Crippen molar-refractivity contribution in [1.29, 1.82) is 0 Å². The molecule has 0 aliphatic carbocycles. The van der Waals surface area contributed by atoms with Crippen LogP contribution < -0.4 is 5.73 Å². The number of carbonyl (C=O) groups is 1. The van der Waals surface area contributed by atoms with Crippen molar-refractivity contribution in [1.82, 2.24) is 4.98 Å². The summed E-state index contributed by atoms with van der Waals surface area (Å²) in [6, 6.07) is 3.63. The Hall–Kier alpha value is -1.07. The average molecular weight is 210 g/mol. The molecule has 4 nitrogen and oxygen atoms in total. The molecule has 0 radical (unpaired) electrons. The van der Waals surface area contributed by atoms with Gasteiger partial charge < -0.3 is 10.8 Å². The summed E-state index contributed by atoms with van der Waals surface area (Å²) in [5.41, 5.74) is 5.77. The van der Waals surface area contributed by atoms with Gasteiger partial charge in [-0.25, -0.2) is 0 Å². The Kier molecular flexibility index (Phi) is 2.01. The van der Waals surface area contributed by atoms with Gasteiger partial charge in [0.25, 0.3) is 0 Å². The lowest BCUT2D eigenvalue weighted by Gasteiger charge is -2.22. The number of rotatable bonds is 1. The van der Waals surface area contributed by atoms with Crippen LogP contribution in [0.3, 0.4) is 0 Å². The Bertz CT molecular complexity index is 392. The third kappa shape index (κ3) is 1.20. The van der Waals surface area contributed by atoms with Gasteiger partial charge in [-0.1, -0.05) is 0 Å². The second-order valence-electron chi connectivity index (χ2n) is 3.47. The molecule has 0 fully saturated rings. The van der Waals surface area contributed by atoms with E-state index in [1.165, 1.54) is 11.8 Å². The number of aliphatic carboxylic acids is 1. The van der Waals surface area contributed by atoms with Gasteiger partial charge in [0.05, 0.1) is 11.2 Å². The van der Waals surface area contributed by atoms with Crippen LogP contribution in [0.5, 0.6) is 0 Å². The predicted octanol–water partition coefficient (Wildman–Crippen LogP) is 0.814. The molecule has 14 heavy (non-hydrogen) atoms. The van der Waals surface area contributed by atoms with E-state index in [0.717, 1.165) is 4.90 Å². The van der Waals surface area contributed by atoms with E-state index in [0.29, 0.717) is 5.69 Å². The van der Waals surface area contributed by atoms with Crippen molar-refractivity contribution in [2.75, 3.05) is 0 Å². The first-order chi connectivity index (χ1) is 6.53. The van der Waals surface area contributed by atoms with Gasteiger partial charge in [0, 0.05) is 11.1 Å². The quantitative estimate of drug-likeness (QED) is 0.717. The molecule has 0 amide bonds. The van der Waals surface area contributed by atoms with Crippen molar-refractivity contribution in [2.45, 2.75) is 22.6 Å². The number of fused-ring (bicyclic) bond motifs is 1. The van der Waals surface area contributed by atoms with Crippen LogP contribution in [0.25, 0.3) is 0 Å². The first kappa shape index (κ1) is 9.48. The summed E-state index contributed by atoms with van der Waals surface area (Å²) in [6.07, 6.45) is 1.63. The lowest BCUT2D eigenvalue weighted by Crippen LogP contribution is -2.44. The van der Waals surface area contributed by atoms with Crippen LogP contribution in [0.1, 0.15) is 12.6 Å². The Labute approximate surface area is 85.5 Å². The molecule has 0 saturated heterocycles. The van der Waals surface area contributed by atoms with E-state index in [4.69, 9.17) is 10.8 Å². The number of thioether (sulfide) groups is 1. The SMILES string of the molecule is CC1(N)c2ncccc2SC1C(=O)O. The normalized spacial score (nSPS) is 30.0. The molecule has 0 saturated carbocycles. The van der Waals surface area contributed by atoms with Gasteiger partial charge in [-0.3, -0.25) is 9.78 Å². The largest absolute Gasteiger partial charge is 0.480 e. The summed E-state index contributed by atoms with van der Waals surface area (Å²) in [7, 11) is 0. The number of pyridine rings is 1. The zero-order valence-electron chi connectivity index (χ0n) is 7.60. The molecule has 1 aromatic heterocycles. The highest BCUT2D eigenvalue weighted by Gasteiger charge is 2.46. The van der Waals surface area contributed by atoms with Crippen molar-refractivity contribution in [3.8, 4) is 0 Å². The number of nitrogens with two attached hydrogens (primary N) is 1. The standard InChI is InChI=1S/C9H10N2O2S/c1-9(10)6-5(3-2-4-11-6)14-7(9)8(12)13/h2-4,7H,10H2,1H3,(H,12,13). The van der Waals surface area contributed by atoms with Gasteiger partial charge >= 0.3 is 5.97 Å². The van der Waals surface area contributed by atoms with Crippen molar-refractivity contribution >= 4 is 17.7 Å². The number of hydrogen-bond donors (Lipinski definition) is 2. The highest BCUT2D eigenvalue weighted by atomic mass is 32.2. The van der Waals surface area contributed by atoms with E-state index in [9.17, 15) is 4.79 Å². The Balaban J connectivity index is 2.50.